The molecular weight excluding hydrogens is 232 g/mol. The second-order valence-corrected chi connectivity index (χ2v) is 4.04. The zero-order valence-corrected chi connectivity index (χ0v) is 10.3. The van der Waals surface area contributed by atoms with Crippen molar-refractivity contribution in [1.29, 1.82) is 0 Å². The van der Waals surface area contributed by atoms with Crippen LogP contribution in [0.5, 0.6) is 0 Å². The largest absolute Gasteiger partial charge is 0.299 e. The molecule has 0 saturated carbocycles. The SMILES string of the molecule is CCCc1[nH]n(C)c(=O)c1C(=O)c1ccnnc1. The van der Waals surface area contributed by atoms with Crippen molar-refractivity contribution < 1.29 is 4.79 Å². The van der Waals surface area contributed by atoms with Gasteiger partial charge in [0.2, 0.25) is 5.78 Å². The fourth-order valence-corrected chi connectivity index (χ4v) is 1.84. The summed E-state index contributed by atoms with van der Waals surface area (Å²) in [5.41, 5.74) is 0.943. The lowest BCUT2D eigenvalue weighted by Gasteiger charge is -1.99. The number of aromatic nitrogens is 4. The molecule has 0 atom stereocenters. The van der Waals surface area contributed by atoms with Gasteiger partial charge in [-0.3, -0.25) is 19.4 Å². The second kappa shape index (κ2) is 4.95. The highest BCUT2D eigenvalue weighted by Gasteiger charge is 2.20. The first kappa shape index (κ1) is 12.2. The van der Waals surface area contributed by atoms with Crippen molar-refractivity contribution >= 4 is 5.78 Å². The summed E-state index contributed by atoms with van der Waals surface area (Å²) in [6, 6.07) is 1.55. The molecule has 2 aromatic heterocycles. The van der Waals surface area contributed by atoms with Gasteiger partial charge in [0, 0.05) is 18.3 Å². The Morgan fingerprint density at radius 1 is 1.44 bits per heavy atom. The van der Waals surface area contributed by atoms with Crippen LogP contribution in [0.3, 0.4) is 0 Å². The van der Waals surface area contributed by atoms with Gasteiger partial charge in [0.25, 0.3) is 5.56 Å². The highest BCUT2D eigenvalue weighted by Crippen LogP contribution is 2.10. The van der Waals surface area contributed by atoms with Crippen molar-refractivity contribution in [3.05, 3.63) is 45.6 Å². The third kappa shape index (κ3) is 2.09. The highest BCUT2D eigenvalue weighted by atomic mass is 16.2. The molecule has 18 heavy (non-hydrogen) atoms. The maximum atomic E-state index is 12.3. The van der Waals surface area contributed by atoms with E-state index in [1.54, 1.807) is 13.1 Å². The van der Waals surface area contributed by atoms with Gasteiger partial charge >= 0.3 is 0 Å². The molecule has 0 unspecified atom stereocenters. The summed E-state index contributed by atoms with van der Waals surface area (Å²) in [6.07, 6.45) is 4.32. The summed E-state index contributed by atoms with van der Waals surface area (Å²) < 4.78 is 1.33. The zero-order valence-electron chi connectivity index (χ0n) is 10.3. The van der Waals surface area contributed by atoms with Crippen LogP contribution >= 0.6 is 0 Å². The predicted molar refractivity (Wildman–Crippen MR) is 65.5 cm³/mol. The van der Waals surface area contributed by atoms with Gasteiger partial charge in [-0.15, -0.1) is 0 Å². The van der Waals surface area contributed by atoms with Crippen LogP contribution in [-0.2, 0) is 13.5 Å². The van der Waals surface area contributed by atoms with Gasteiger partial charge in [0.15, 0.2) is 0 Å². The first-order valence-electron chi connectivity index (χ1n) is 5.74. The Morgan fingerprint density at radius 3 is 2.83 bits per heavy atom. The number of nitrogens with one attached hydrogen (secondary N) is 1. The number of nitrogens with zero attached hydrogens (tertiary/aromatic N) is 3. The molecule has 0 bridgehead atoms. The summed E-state index contributed by atoms with van der Waals surface area (Å²) in [6.45, 7) is 1.99. The number of aryl methyl sites for hydroxylation is 2. The molecule has 1 N–H and O–H groups in total. The van der Waals surface area contributed by atoms with E-state index in [0.717, 1.165) is 6.42 Å². The number of ketones is 1. The first-order valence-corrected chi connectivity index (χ1v) is 5.74. The standard InChI is InChI=1S/C12H14N4O2/c1-3-4-9-10(12(18)16(2)15-9)11(17)8-5-6-13-14-7-8/h5-7,15H,3-4H2,1-2H3. The lowest BCUT2D eigenvalue weighted by molar-refractivity contribution is 0.103. The van der Waals surface area contributed by atoms with Crippen molar-refractivity contribution in [3.63, 3.8) is 0 Å². The minimum Gasteiger partial charge on any atom is -0.299 e. The topological polar surface area (TPSA) is 80.6 Å². The lowest BCUT2D eigenvalue weighted by atomic mass is 10.0. The minimum absolute atomic E-state index is 0.201. The lowest BCUT2D eigenvalue weighted by Crippen LogP contribution is -2.20. The monoisotopic (exact) mass is 246 g/mol. The minimum atomic E-state index is -0.310. The van der Waals surface area contributed by atoms with Gasteiger partial charge in [-0.25, -0.2) is 0 Å². The molecule has 0 aromatic carbocycles. The van der Waals surface area contributed by atoms with Crippen LogP contribution in [-0.4, -0.2) is 25.8 Å². The van der Waals surface area contributed by atoms with Crippen molar-refractivity contribution in [1.82, 2.24) is 20.0 Å². The van der Waals surface area contributed by atoms with E-state index >= 15 is 0 Å². The van der Waals surface area contributed by atoms with E-state index in [1.807, 2.05) is 6.92 Å². The van der Waals surface area contributed by atoms with Crippen molar-refractivity contribution in [2.24, 2.45) is 7.05 Å². The Morgan fingerprint density at radius 2 is 2.22 bits per heavy atom. The molecule has 2 heterocycles. The van der Waals surface area contributed by atoms with Gasteiger partial charge < -0.3 is 0 Å². The van der Waals surface area contributed by atoms with Crippen LogP contribution in [0.15, 0.2) is 23.3 Å². The number of rotatable bonds is 4. The number of hydrogen-bond donors (Lipinski definition) is 1. The molecule has 2 aromatic rings. The molecule has 0 fully saturated rings. The second-order valence-electron chi connectivity index (χ2n) is 4.04. The van der Waals surface area contributed by atoms with Gasteiger partial charge in [0.05, 0.1) is 12.4 Å². The van der Waals surface area contributed by atoms with E-state index in [9.17, 15) is 9.59 Å². The van der Waals surface area contributed by atoms with Gasteiger partial charge in [-0.05, 0) is 12.5 Å². The van der Waals surface area contributed by atoms with Crippen LogP contribution in [0.4, 0.5) is 0 Å². The molecular formula is C12H14N4O2. The van der Waals surface area contributed by atoms with Gasteiger partial charge in [-0.1, -0.05) is 13.3 Å². The fourth-order valence-electron chi connectivity index (χ4n) is 1.84. The first-order chi connectivity index (χ1) is 8.65. The Labute approximate surface area is 104 Å². The molecule has 6 nitrogen and oxygen atoms in total. The number of hydrogen-bond acceptors (Lipinski definition) is 4. The summed E-state index contributed by atoms with van der Waals surface area (Å²) in [4.78, 5) is 24.2. The van der Waals surface area contributed by atoms with Gasteiger partial charge in [-0.2, -0.15) is 10.2 Å². The maximum absolute atomic E-state index is 12.3. The molecule has 0 amide bonds. The van der Waals surface area contributed by atoms with Crippen molar-refractivity contribution in [2.45, 2.75) is 19.8 Å². The van der Waals surface area contributed by atoms with E-state index in [2.05, 4.69) is 15.3 Å². The molecule has 0 aliphatic carbocycles. The molecule has 0 aliphatic heterocycles. The van der Waals surface area contributed by atoms with E-state index in [4.69, 9.17) is 0 Å². The Balaban J connectivity index is 2.51. The Kier molecular flexibility index (Phi) is 3.36. The summed E-state index contributed by atoms with van der Waals surface area (Å²) in [5.74, 6) is -0.310. The summed E-state index contributed by atoms with van der Waals surface area (Å²) in [5, 5.41) is 10.2. The van der Waals surface area contributed by atoms with Crippen LogP contribution in [0.2, 0.25) is 0 Å². The quantitative estimate of drug-likeness (QED) is 0.805. The van der Waals surface area contributed by atoms with Crippen LogP contribution in [0.25, 0.3) is 0 Å². The average Bonchev–Trinajstić information content (AvgIpc) is 2.66. The van der Waals surface area contributed by atoms with Crippen LogP contribution in [0.1, 0.15) is 35.0 Å². The molecule has 6 heteroatoms. The van der Waals surface area contributed by atoms with E-state index < -0.39 is 0 Å². The normalized spacial score (nSPS) is 10.6. The smallest absolute Gasteiger partial charge is 0.277 e. The Hall–Kier alpha value is -2.24. The van der Waals surface area contributed by atoms with Crippen molar-refractivity contribution in [3.8, 4) is 0 Å². The highest BCUT2D eigenvalue weighted by molar-refractivity contribution is 6.09. The maximum Gasteiger partial charge on any atom is 0.277 e. The van der Waals surface area contributed by atoms with Crippen LogP contribution in [0, 0.1) is 0 Å². The summed E-state index contributed by atoms with van der Waals surface area (Å²) >= 11 is 0. The third-order valence-electron chi connectivity index (χ3n) is 2.70. The third-order valence-corrected chi connectivity index (χ3v) is 2.70. The average molecular weight is 246 g/mol. The van der Waals surface area contributed by atoms with E-state index in [0.29, 0.717) is 17.7 Å². The van der Waals surface area contributed by atoms with E-state index in [1.165, 1.54) is 17.1 Å². The Bertz CT molecular complexity index is 613. The molecule has 0 radical (unpaired) electrons. The van der Waals surface area contributed by atoms with Gasteiger partial charge in [0.1, 0.15) is 5.56 Å². The summed E-state index contributed by atoms with van der Waals surface area (Å²) in [7, 11) is 1.60. The molecule has 94 valence electrons. The molecule has 0 spiro atoms. The number of carbonyl (C=O) groups excluding carboxylic acids is 1. The van der Waals surface area contributed by atoms with Crippen LogP contribution < -0.4 is 5.56 Å². The van der Waals surface area contributed by atoms with E-state index in [-0.39, 0.29) is 16.9 Å². The molecule has 0 saturated heterocycles. The van der Waals surface area contributed by atoms with Crippen molar-refractivity contribution in [2.75, 3.05) is 0 Å². The fraction of sp³-hybridized carbons (Fsp3) is 0.333. The number of aromatic amines is 1. The zero-order chi connectivity index (χ0) is 13.1. The molecule has 2 rings (SSSR count). The molecule has 0 aliphatic rings. The predicted octanol–water partition coefficient (Wildman–Crippen LogP) is 0.687. The number of carbonyl (C=O) groups is 1. The number of H-pyrrole nitrogens is 1.